The molecule has 3 aliphatic rings. The summed E-state index contributed by atoms with van der Waals surface area (Å²) in [4.78, 5) is 114. The van der Waals surface area contributed by atoms with E-state index in [4.69, 9.17) is 11.5 Å². The molecule has 12 N–H and O–H groups in total. The van der Waals surface area contributed by atoms with Crippen molar-refractivity contribution >= 4 is 53.3 Å². The lowest BCUT2D eigenvalue weighted by atomic mass is 10.0. The number of carbonyl (C=O) groups excluding carboxylic acids is 7. The summed E-state index contributed by atoms with van der Waals surface area (Å²) in [5.74, 6) is -5.87. The summed E-state index contributed by atoms with van der Waals surface area (Å²) >= 11 is 0. The average molecular weight is 904 g/mol. The van der Waals surface area contributed by atoms with Crippen LogP contribution in [-0.4, -0.2) is 155 Å². The van der Waals surface area contributed by atoms with Gasteiger partial charge in [0.25, 0.3) is 0 Å². The SMILES string of the molecule is NC(N)=NCCC[C@H](NC(=O)[C@H](Cc1ccccc1)NC(=O)[C@@H]1CCCN1C(=O)[C@H](CO)NC(=O)[C@H](Cc1ccccc1)NC(=O)CNC(=O)[C@@H]1CCCN1C(=O)[C@@H]1CCCN1)C(=O)O. The van der Waals surface area contributed by atoms with Crippen molar-refractivity contribution in [1.82, 2.24) is 41.7 Å². The third kappa shape index (κ3) is 14.4. The molecule has 7 amide bonds. The third-order valence-corrected chi connectivity index (χ3v) is 11.7. The maximum absolute atomic E-state index is 14.0. The van der Waals surface area contributed by atoms with E-state index in [9.17, 15) is 48.6 Å². The lowest BCUT2D eigenvalue weighted by Crippen LogP contribution is -2.60. The minimum atomic E-state index is -1.54. The predicted octanol–water partition coefficient (Wildman–Crippen LogP) is -2.61. The number of nitrogens with one attached hydrogen (secondary N) is 6. The summed E-state index contributed by atoms with van der Waals surface area (Å²) < 4.78 is 0. The quantitative estimate of drug-likeness (QED) is 0.0330. The molecule has 0 saturated carbocycles. The maximum Gasteiger partial charge on any atom is 0.326 e. The number of amides is 7. The van der Waals surface area contributed by atoms with E-state index >= 15 is 0 Å². The number of aliphatic carboxylic acids is 1. The second kappa shape index (κ2) is 24.5. The Labute approximate surface area is 376 Å². The van der Waals surface area contributed by atoms with Crippen LogP contribution < -0.4 is 43.4 Å². The van der Waals surface area contributed by atoms with Crippen LogP contribution in [0.2, 0.25) is 0 Å². The molecule has 65 heavy (non-hydrogen) atoms. The first kappa shape index (κ1) is 49.4. The normalized spacial score (nSPS) is 19.8. The van der Waals surface area contributed by atoms with Gasteiger partial charge in [-0.05, 0) is 69.0 Å². The molecule has 3 fully saturated rings. The van der Waals surface area contributed by atoms with Gasteiger partial charge in [0.05, 0.1) is 19.2 Å². The highest BCUT2D eigenvalue weighted by molar-refractivity contribution is 5.97. The number of hydrogen-bond donors (Lipinski definition) is 10. The van der Waals surface area contributed by atoms with Crippen LogP contribution in [0.3, 0.4) is 0 Å². The zero-order chi connectivity index (χ0) is 46.9. The number of guanidine groups is 1. The number of likely N-dealkylation sites (tertiary alicyclic amines) is 2. The molecule has 3 aliphatic heterocycles. The molecular formula is C44H61N11O10. The van der Waals surface area contributed by atoms with Crippen LogP contribution in [0.15, 0.2) is 65.7 Å². The molecule has 3 heterocycles. The fourth-order valence-corrected chi connectivity index (χ4v) is 8.31. The number of aliphatic hydroxyl groups is 1. The number of carboxylic acid groups (broad SMARTS) is 1. The molecule has 0 spiro atoms. The number of rotatable bonds is 22. The van der Waals surface area contributed by atoms with Crippen molar-refractivity contribution in [3.8, 4) is 0 Å². The van der Waals surface area contributed by atoms with E-state index in [0.717, 1.165) is 13.0 Å². The molecule has 21 nitrogen and oxygen atoms in total. The standard InChI is InChI=1S/C44H61N11O10/c45-44(46)48-20-8-16-30(43(64)65)51-38(59)32(24-28-13-5-2-6-14-28)52-40(61)35-18-10-22-55(35)42(63)33(26-56)53-37(58)31(23-27-11-3-1-4-12-27)50-36(57)25-49-39(60)34-17-9-21-54(34)41(62)29-15-7-19-47-29/h1-6,11-14,29-35,47,56H,7-10,15-26H2,(H,49,60)(H,50,57)(H,51,59)(H,52,61)(H,53,58)(H,64,65)(H4,45,46,48)/t29-,30-,31-,32-,33-,34-,35-/m0/s1. The zero-order valence-corrected chi connectivity index (χ0v) is 36.3. The van der Waals surface area contributed by atoms with Crippen molar-refractivity contribution in [1.29, 1.82) is 0 Å². The highest BCUT2D eigenvalue weighted by Gasteiger charge is 2.41. The van der Waals surface area contributed by atoms with Crippen molar-refractivity contribution in [2.75, 3.05) is 39.3 Å². The Hall–Kier alpha value is -6.61. The molecule has 0 unspecified atom stereocenters. The number of hydrogen-bond acceptors (Lipinski definition) is 11. The summed E-state index contributed by atoms with van der Waals surface area (Å²) in [6.45, 7) is 0.0243. The summed E-state index contributed by atoms with van der Waals surface area (Å²) in [6, 6.07) is 9.92. The van der Waals surface area contributed by atoms with Crippen LogP contribution in [0.1, 0.15) is 62.5 Å². The van der Waals surface area contributed by atoms with Crippen LogP contribution in [0.25, 0.3) is 0 Å². The van der Waals surface area contributed by atoms with E-state index < -0.39 is 90.8 Å². The molecule has 352 valence electrons. The first-order chi connectivity index (χ1) is 31.2. The number of nitrogens with two attached hydrogens (primary N) is 2. The molecule has 21 heteroatoms. The van der Waals surface area contributed by atoms with Gasteiger partial charge in [-0.1, -0.05) is 60.7 Å². The van der Waals surface area contributed by atoms with Gasteiger partial charge in [-0.15, -0.1) is 0 Å². The number of nitrogens with zero attached hydrogens (tertiary/aromatic N) is 3. The van der Waals surface area contributed by atoms with Gasteiger partial charge in [-0.2, -0.15) is 0 Å². The molecule has 0 aromatic heterocycles. The van der Waals surface area contributed by atoms with Gasteiger partial charge in [0, 0.05) is 32.5 Å². The first-order valence-corrected chi connectivity index (χ1v) is 22.0. The van der Waals surface area contributed by atoms with Crippen LogP contribution in [-0.2, 0) is 51.2 Å². The smallest absolute Gasteiger partial charge is 0.326 e. The van der Waals surface area contributed by atoms with Crippen molar-refractivity contribution in [2.24, 2.45) is 16.5 Å². The van der Waals surface area contributed by atoms with Gasteiger partial charge in [-0.3, -0.25) is 38.6 Å². The number of carbonyl (C=O) groups is 8. The number of benzene rings is 2. The Bertz CT molecular complexity index is 2010. The van der Waals surface area contributed by atoms with Crippen LogP contribution >= 0.6 is 0 Å². The molecule has 0 radical (unpaired) electrons. The molecule has 3 saturated heterocycles. The molecule has 7 atom stereocenters. The van der Waals surface area contributed by atoms with Gasteiger partial charge in [0.15, 0.2) is 5.96 Å². The fourth-order valence-electron chi connectivity index (χ4n) is 8.31. The minimum absolute atomic E-state index is 0.00348. The van der Waals surface area contributed by atoms with Crippen molar-refractivity contribution in [3.63, 3.8) is 0 Å². The maximum atomic E-state index is 14.0. The summed E-state index contributed by atoms with van der Waals surface area (Å²) in [5, 5.41) is 36.4. The Balaban J connectivity index is 1.23. The summed E-state index contributed by atoms with van der Waals surface area (Å²) in [6.07, 6.45) is 3.42. The van der Waals surface area contributed by atoms with E-state index in [1.807, 2.05) is 0 Å². The first-order valence-electron chi connectivity index (χ1n) is 22.0. The monoisotopic (exact) mass is 903 g/mol. The number of aliphatic imine (C=N–C) groups is 1. The van der Waals surface area contributed by atoms with E-state index in [1.54, 1.807) is 65.6 Å². The summed E-state index contributed by atoms with van der Waals surface area (Å²) in [5.41, 5.74) is 12.0. The summed E-state index contributed by atoms with van der Waals surface area (Å²) in [7, 11) is 0. The highest BCUT2D eigenvalue weighted by Crippen LogP contribution is 2.22. The van der Waals surface area contributed by atoms with E-state index in [1.165, 1.54) is 4.90 Å². The zero-order valence-electron chi connectivity index (χ0n) is 36.3. The van der Waals surface area contributed by atoms with Crippen LogP contribution in [0, 0.1) is 0 Å². The molecule has 0 bridgehead atoms. The third-order valence-electron chi connectivity index (χ3n) is 11.7. The van der Waals surface area contributed by atoms with E-state index in [-0.39, 0.29) is 63.1 Å². The molecule has 2 aromatic rings. The average Bonchev–Trinajstić information content (AvgIpc) is 4.12. The van der Waals surface area contributed by atoms with Gasteiger partial charge in [-0.25, -0.2) is 4.79 Å². The van der Waals surface area contributed by atoms with Gasteiger partial charge in [0.1, 0.15) is 36.3 Å². The topological polar surface area (TPSA) is 320 Å². The van der Waals surface area contributed by atoms with Crippen LogP contribution in [0.4, 0.5) is 0 Å². The number of aliphatic hydroxyl groups excluding tert-OH is 1. The lowest BCUT2D eigenvalue weighted by molar-refractivity contribution is -0.144. The molecular weight excluding hydrogens is 843 g/mol. The Morgan fingerprint density at radius 1 is 0.708 bits per heavy atom. The lowest BCUT2D eigenvalue weighted by Gasteiger charge is -2.30. The second-order valence-corrected chi connectivity index (χ2v) is 16.4. The Morgan fingerprint density at radius 3 is 1.83 bits per heavy atom. The molecule has 2 aromatic carbocycles. The second-order valence-electron chi connectivity index (χ2n) is 16.4. The van der Waals surface area contributed by atoms with Crippen molar-refractivity contribution in [2.45, 2.75) is 107 Å². The largest absolute Gasteiger partial charge is 0.480 e. The van der Waals surface area contributed by atoms with Gasteiger partial charge in [0.2, 0.25) is 41.4 Å². The Kier molecular flexibility index (Phi) is 18.6. The fraction of sp³-hybridized carbons (Fsp3) is 0.523. The Morgan fingerprint density at radius 2 is 1.28 bits per heavy atom. The van der Waals surface area contributed by atoms with Gasteiger partial charge < -0.3 is 63.4 Å². The molecule has 0 aliphatic carbocycles. The van der Waals surface area contributed by atoms with Crippen molar-refractivity contribution in [3.05, 3.63) is 71.8 Å². The van der Waals surface area contributed by atoms with Crippen LogP contribution in [0.5, 0.6) is 0 Å². The molecule has 5 rings (SSSR count). The highest BCUT2D eigenvalue weighted by atomic mass is 16.4. The predicted molar refractivity (Wildman–Crippen MR) is 236 cm³/mol. The minimum Gasteiger partial charge on any atom is -0.480 e. The van der Waals surface area contributed by atoms with E-state index in [0.29, 0.717) is 43.4 Å². The number of carboxylic acids is 1. The van der Waals surface area contributed by atoms with Crippen molar-refractivity contribution < 1.29 is 48.6 Å². The van der Waals surface area contributed by atoms with Gasteiger partial charge >= 0.3 is 5.97 Å². The van der Waals surface area contributed by atoms with E-state index in [2.05, 4.69) is 36.9 Å².